The van der Waals surface area contributed by atoms with Crippen molar-refractivity contribution in [3.8, 4) is 23.0 Å². The molecule has 9 rings (SSSR count). The van der Waals surface area contributed by atoms with Crippen molar-refractivity contribution in [2.75, 3.05) is 58.1 Å². The summed E-state index contributed by atoms with van der Waals surface area (Å²) in [6.07, 6.45) is 0. The van der Waals surface area contributed by atoms with Gasteiger partial charge in [-0.25, -0.2) is 55.5 Å². The molecule has 0 radical (unpaired) electrons. The van der Waals surface area contributed by atoms with Gasteiger partial charge in [0.05, 0.1) is 54.2 Å². The average Bonchev–Trinajstić information content (AvgIpc) is 0.809. The molecule has 0 amide bonds. The van der Waals surface area contributed by atoms with Gasteiger partial charge >= 0.3 is 177 Å². The molecule has 444 valence electrons. The third kappa shape index (κ3) is 19.5. The van der Waals surface area contributed by atoms with Crippen LogP contribution in [-0.2, 0) is 60.7 Å². The zero-order valence-electron chi connectivity index (χ0n) is 46.3. The molecule has 2 aliphatic heterocycles. The van der Waals surface area contributed by atoms with Crippen LogP contribution < -0.4 is 219 Å². The van der Waals surface area contributed by atoms with Crippen LogP contribution in [0, 0.1) is 0 Å². The van der Waals surface area contributed by atoms with Gasteiger partial charge in [-0.1, -0.05) is 23.2 Å². The normalized spacial score (nSPS) is 12.3. The van der Waals surface area contributed by atoms with Gasteiger partial charge in [0.25, 0.3) is 0 Å². The number of ether oxygens (including phenoxy) is 1. The summed E-state index contributed by atoms with van der Waals surface area (Å²) in [4.78, 5) is 25.8. The molecule has 3 aliphatic rings. The Morgan fingerprint density at radius 2 is 0.956 bits per heavy atom. The average molecular weight is 1490 g/mol. The van der Waals surface area contributed by atoms with Crippen LogP contribution in [0.2, 0.25) is 20.6 Å². The van der Waals surface area contributed by atoms with Crippen molar-refractivity contribution in [3.05, 3.63) is 86.6 Å². The summed E-state index contributed by atoms with van der Waals surface area (Å²) in [6.45, 7) is -1.05. The molecule has 6 N–H and O–H groups in total. The molecule has 4 aromatic carbocycles. The molecule has 0 fully saturated rings. The first-order valence-electron chi connectivity index (χ1n) is 22.1. The number of rotatable bonds is 19. The van der Waals surface area contributed by atoms with Crippen LogP contribution in [0.3, 0.4) is 0 Å². The van der Waals surface area contributed by atoms with Crippen LogP contribution in [0.1, 0.15) is 0 Å². The van der Waals surface area contributed by atoms with Crippen LogP contribution in [0.15, 0.2) is 99.4 Å². The first-order chi connectivity index (χ1) is 39.0. The van der Waals surface area contributed by atoms with Gasteiger partial charge in [-0.15, -0.1) is 0 Å². The third-order valence-electron chi connectivity index (χ3n) is 11.0. The van der Waals surface area contributed by atoms with Gasteiger partial charge in [0.1, 0.15) is 97.4 Å². The quantitative estimate of drug-likeness (QED) is 0.0189. The standard InChI is InChI=1S/C40H30Cl4N14O20S6.6Na/c41-25-28-32(78-30-18(50-28)4-6-20(34(30)84(74,75)76)46-10-12-48-38-54-36(44)56-40(58-38)52-22-14-16(80(62,63)64)2-8-24(22)82(68,69)70)26(42)27-31(25)77-29-17(49-27)3-5-19(33(29)83(71,72)73)45-9-11-47-37-53-35(43)55-39(57-37)51-21-13-15(79(59,60)61)1-7-23(21)81(65,66)67;;;;;;/h1-8,13-14,45,49H,9-12H2,(H,59,60,61)(H,62,63,64)(H,65,66,67)(H,68,69,70)(H,71,72,73)(H,74,75,76)(H2,47,51,53,55,57)(H2,48,52,54,56,58);;;;;;/q;6*+1/p-6. The Labute approximate surface area is 661 Å². The maximum atomic E-state index is 12.9. The topological polar surface area (TPSA) is 540 Å². The summed E-state index contributed by atoms with van der Waals surface area (Å²) in [5.41, 5.74) is -3.23. The monoisotopic (exact) mass is 1490 g/mol. The summed E-state index contributed by atoms with van der Waals surface area (Å²) in [5, 5.41) is 13.1. The maximum absolute atomic E-state index is 12.9. The molecule has 0 atom stereocenters. The van der Waals surface area contributed by atoms with Crippen LogP contribution >= 0.6 is 46.4 Å². The van der Waals surface area contributed by atoms with Crippen molar-refractivity contribution in [1.29, 1.82) is 0 Å². The number of anilines is 9. The van der Waals surface area contributed by atoms with Gasteiger partial charge in [-0.2, -0.15) is 29.9 Å². The summed E-state index contributed by atoms with van der Waals surface area (Å²) < 4.78 is 230. The van der Waals surface area contributed by atoms with E-state index in [1.807, 2.05) is 0 Å². The molecule has 2 aromatic heterocycles. The molecule has 4 heterocycles. The second kappa shape index (κ2) is 32.4. The van der Waals surface area contributed by atoms with Crippen molar-refractivity contribution in [3.63, 3.8) is 0 Å². The third-order valence-corrected chi connectivity index (χ3v) is 17.3. The van der Waals surface area contributed by atoms with Gasteiger partial charge in [0.2, 0.25) is 34.4 Å². The van der Waals surface area contributed by atoms with E-state index < -0.39 is 162 Å². The number of nitrogens with zero attached hydrogens (tertiary/aromatic N) is 8. The van der Waals surface area contributed by atoms with E-state index in [2.05, 4.69) is 71.8 Å². The van der Waals surface area contributed by atoms with Crippen molar-refractivity contribution in [2.45, 2.75) is 29.4 Å². The van der Waals surface area contributed by atoms with Gasteiger partial charge in [-0.05, 0) is 83.9 Å². The first kappa shape index (κ1) is 83.0. The summed E-state index contributed by atoms with van der Waals surface area (Å²) in [7, 11) is -31.7. The smallest absolute Gasteiger partial charge is 0.744 e. The van der Waals surface area contributed by atoms with E-state index in [1.165, 1.54) is 12.1 Å². The van der Waals surface area contributed by atoms with Crippen molar-refractivity contribution in [2.24, 2.45) is 4.99 Å². The van der Waals surface area contributed by atoms with Crippen molar-refractivity contribution < 1.29 is 264 Å². The largest absolute Gasteiger partial charge is 1.00 e. The minimum absolute atomic E-state index is 0. The molecule has 90 heavy (non-hydrogen) atoms. The summed E-state index contributed by atoms with van der Waals surface area (Å²) in [6, 6.07) is 8.11. The van der Waals surface area contributed by atoms with E-state index in [1.54, 1.807) is 0 Å². The number of aromatic nitrogens is 7. The Balaban J connectivity index is 0.00000353. The molecule has 0 bridgehead atoms. The fourth-order valence-corrected chi connectivity index (χ4v) is 12.2. The van der Waals surface area contributed by atoms with E-state index in [-0.39, 0.29) is 244 Å². The molecule has 6 aromatic rings. The minimum Gasteiger partial charge on any atom is -0.744 e. The second-order valence-electron chi connectivity index (χ2n) is 16.5. The Morgan fingerprint density at radius 1 is 0.478 bits per heavy atom. The zero-order chi connectivity index (χ0) is 61.2. The Bertz CT molecular complexity index is 4890. The Kier molecular flexibility index (Phi) is 29.9. The first-order valence-corrected chi connectivity index (χ1v) is 32.0. The fourth-order valence-electron chi connectivity index (χ4n) is 7.63. The van der Waals surface area contributed by atoms with E-state index in [9.17, 15) is 77.8 Å². The molecule has 0 saturated carbocycles. The number of hydrogen-bond donors (Lipinski definition) is 6. The SMILES string of the molecule is O=S(=O)([O-])c1ccc(S(=O)(=O)[O-])c(Nc2nc(Cl)nc(NCCN=c3ccc4nc5c(Cl)c6c(c(Cl)c5oc-4c3S(=O)(=O)[O-])Nc3ccc(NCCNc4nc(Cl)nc(Nc5cc(S(=O)(=O)[O-])ccc5S(=O)(=O)[O-])n4)c(S(=O)(=O)[O-])c3O6)n2)c1.[Na+].[Na+].[Na+].[Na+].[Na+].[Na+]. The molecular weight excluding hydrogens is 1470 g/mol. The number of halogens is 4. The number of hydrogen-bond acceptors (Lipinski definition) is 34. The van der Waals surface area contributed by atoms with Crippen LogP contribution in [0.5, 0.6) is 11.5 Å². The molecule has 1 aliphatic carbocycles. The molecule has 50 heteroatoms. The Morgan fingerprint density at radius 3 is 1.43 bits per heavy atom. The minimum atomic E-state index is -5.49. The Hall–Kier alpha value is -1.26. The molecule has 0 saturated heterocycles. The fraction of sp³-hybridized carbons (Fsp3) is 0.100. The predicted molar refractivity (Wildman–Crippen MR) is 283 cm³/mol. The van der Waals surface area contributed by atoms with Gasteiger partial charge in [-0.3, -0.25) is 4.99 Å². The molecular formula is C40H24Cl4N14Na6O20S6. The zero-order valence-corrected chi connectivity index (χ0v) is 66.2. The van der Waals surface area contributed by atoms with Gasteiger partial charge in [0.15, 0.2) is 22.8 Å². The maximum Gasteiger partial charge on any atom is 1.00 e. The molecule has 34 nitrogen and oxygen atoms in total. The van der Waals surface area contributed by atoms with E-state index >= 15 is 0 Å². The number of nitrogens with one attached hydrogen (secondary N) is 6. The van der Waals surface area contributed by atoms with Crippen LogP contribution in [-0.4, -0.2) is 139 Å². The number of benzene rings is 5. The van der Waals surface area contributed by atoms with E-state index in [0.717, 1.165) is 12.1 Å². The number of fused-ring (bicyclic) bond motifs is 4. The van der Waals surface area contributed by atoms with E-state index in [0.29, 0.717) is 36.4 Å². The second-order valence-corrected chi connectivity index (χ2v) is 26.0. The van der Waals surface area contributed by atoms with Crippen molar-refractivity contribution in [1.82, 2.24) is 34.9 Å². The summed E-state index contributed by atoms with van der Waals surface area (Å²) in [5.74, 6) is -3.43. The van der Waals surface area contributed by atoms with Gasteiger partial charge in [0, 0.05) is 19.6 Å². The molecule has 0 spiro atoms. The van der Waals surface area contributed by atoms with Gasteiger partial charge < -0.3 is 68.4 Å². The summed E-state index contributed by atoms with van der Waals surface area (Å²) >= 11 is 25.6. The van der Waals surface area contributed by atoms with Crippen LogP contribution in [0.4, 0.5) is 52.2 Å². The van der Waals surface area contributed by atoms with E-state index in [4.69, 9.17) is 55.6 Å². The van der Waals surface area contributed by atoms with Crippen molar-refractivity contribution >= 4 is 170 Å². The van der Waals surface area contributed by atoms with Crippen LogP contribution in [0.25, 0.3) is 22.6 Å². The molecule has 0 unspecified atom stereocenters. The predicted octanol–water partition coefficient (Wildman–Crippen LogP) is -14.8.